The van der Waals surface area contributed by atoms with Crippen molar-refractivity contribution in [2.75, 3.05) is 19.6 Å². The summed E-state index contributed by atoms with van der Waals surface area (Å²) >= 11 is 0. The molecule has 32 heavy (non-hydrogen) atoms. The number of piperidine rings is 1. The maximum atomic E-state index is 13.3. The van der Waals surface area contributed by atoms with Gasteiger partial charge in [-0.25, -0.2) is 0 Å². The van der Waals surface area contributed by atoms with Gasteiger partial charge in [-0.15, -0.1) is 0 Å². The molecule has 0 bridgehead atoms. The van der Waals surface area contributed by atoms with E-state index in [1.54, 1.807) is 10.6 Å². The number of carbonyl (C=O) groups excluding carboxylic acids is 2. The van der Waals surface area contributed by atoms with Crippen LogP contribution in [0.4, 0.5) is 0 Å². The molecule has 2 fully saturated rings. The van der Waals surface area contributed by atoms with Gasteiger partial charge in [-0.1, -0.05) is 37.3 Å². The number of pyridine rings is 1. The van der Waals surface area contributed by atoms with Crippen LogP contribution in [0, 0.1) is 0 Å². The molecular formula is C23H29N4O4P. The van der Waals surface area contributed by atoms with E-state index < -0.39 is 11.3 Å². The van der Waals surface area contributed by atoms with E-state index in [4.69, 9.17) is 4.52 Å². The summed E-state index contributed by atoms with van der Waals surface area (Å²) < 4.78 is 6.99. The zero-order chi connectivity index (χ0) is 22.8. The Bertz CT molecular complexity index is 1060. The van der Waals surface area contributed by atoms with Gasteiger partial charge in [0, 0.05) is 31.9 Å². The summed E-state index contributed by atoms with van der Waals surface area (Å²) in [5.41, 5.74) is 0.377. The number of hydrogen-bond donors (Lipinski definition) is 1. The highest BCUT2D eigenvalue weighted by Crippen LogP contribution is 2.35. The molecule has 0 radical (unpaired) electrons. The normalized spacial score (nSPS) is 23.0. The molecule has 3 aliphatic heterocycles. The summed E-state index contributed by atoms with van der Waals surface area (Å²) in [6, 6.07) is 0.351. The molecule has 0 aromatic carbocycles. The first-order valence-electron chi connectivity index (χ1n) is 10.9. The number of hydrogen-bond acceptors (Lipinski definition) is 5. The standard InChI is InChI=1S/C23H29N4O4P/c1-3-5-8-15(4-2)11-24-22(29)17-13-25-14-18-26-10-7-6-9-16(26)12-27(18)23(30)19(25)21(31-32)20(17)28/h3-5,8,13,16,18H,2,6-7,9-12,14,32H2,1H3,(H,24,29)/b5-3-,15-8+/t16-,18-/m0/s1. The fraction of sp³-hybridized carbons (Fsp3) is 0.435. The van der Waals surface area contributed by atoms with Crippen LogP contribution in [0.1, 0.15) is 47.0 Å². The number of amides is 2. The molecule has 0 spiro atoms. The summed E-state index contributed by atoms with van der Waals surface area (Å²) in [5.74, 6) is -0.844. The Balaban J connectivity index is 1.65. The molecule has 0 saturated carbocycles. The second kappa shape index (κ2) is 9.43. The van der Waals surface area contributed by atoms with E-state index in [1.165, 1.54) is 12.6 Å². The van der Waals surface area contributed by atoms with Gasteiger partial charge in [0.25, 0.3) is 11.8 Å². The first kappa shape index (κ1) is 22.5. The van der Waals surface area contributed by atoms with Gasteiger partial charge in [0.1, 0.15) is 11.7 Å². The summed E-state index contributed by atoms with van der Waals surface area (Å²) in [7, 11) is 2.04. The second-order valence-electron chi connectivity index (χ2n) is 8.30. The minimum Gasteiger partial charge on any atom is -0.474 e. The first-order chi connectivity index (χ1) is 15.5. The highest BCUT2D eigenvalue weighted by Gasteiger charge is 2.47. The molecule has 3 atom stereocenters. The molecular weight excluding hydrogens is 427 g/mol. The summed E-state index contributed by atoms with van der Waals surface area (Å²) in [4.78, 5) is 43.5. The number of nitrogens with zero attached hydrogens (tertiary/aromatic N) is 3. The van der Waals surface area contributed by atoms with Crippen LogP contribution in [-0.4, -0.2) is 58.0 Å². The molecule has 1 unspecified atom stereocenters. The highest BCUT2D eigenvalue weighted by atomic mass is 31.0. The summed E-state index contributed by atoms with van der Waals surface area (Å²) in [6.45, 7) is 8.00. The third-order valence-electron chi connectivity index (χ3n) is 6.46. The van der Waals surface area contributed by atoms with Gasteiger partial charge in [-0.3, -0.25) is 19.3 Å². The second-order valence-corrected chi connectivity index (χ2v) is 8.54. The van der Waals surface area contributed by atoms with Gasteiger partial charge >= 0.3 is 0 Å². The molecule has 9 heteroatoms. The van der Waals surface area contributed by atoms with Crippen molar-refractivity contribution >= 4 is 21.3 Å². The predicted molar refractivity (Wildman–Crippen MR) is 126 cm³/mol. The van der Waals surface area contributed by atoms with Crippen molar-refractivity contribution in [3.63, 3.8) is 0 Å². The van der Waals surface area contributed by atoms with Gasteiger partial charge in [0.2, 0.25) is 5.43 Å². The molecule has 2 amide bonds. The maximum Gasteiger partial charge on any atom is 0.275 e. The Kier molecular flexibility index (Phi) is 6.63. The molecule has 0 aliphatic carbocycles. The van der Waals surface area contributed by atoms with Crippen LogP contribution in [0.5, 0.6) is 5.75 Å². The number of nitrogens with one attached hydrogen (secondary N) is 1. The van der Waals surface area contributed by atoms with Crippen LogP contribution in [0.2, 0.25) is 0 Å². The van der Waals surface area contributed by atoms with Crippen LogP contribution < -0.4 is 15.3 Å². The molecule has 1 aromatic rings. The summed E-state index contributed by atoms with van der Waals surface area (Å²) in [6.07, 6.45) is 12.0. The van der Waals surface area contributed by atoms with E-state index in [9.17, 15) is 14.4 Å². The van der Waals surface area contributed by atoms with Gasteiger partial charge in [0.15, 0.2) is 11.4 Å². The minimum absolute atomic E-state index is 0.0462. The van der Waals surface area contributed by atoms with E-state index in [0.717, 1.165) is 25.0 Å². The van der Waals surface area contributed by atoms with Crippen molar-refractivity contribution in [3.05, 3.63) is 64.1 Å². The molecule has 4 rings (SSSR count). The molecule has 2 saturated heterocycles. The maximum absolute atomic E-state index is 13.3. The molecule has 4 heterocycles. The number of carbonyl (C=O) groups is 2. The zero-order valence-corrected chi connectivity index (χ0v) is 19.4. The van der Waals surface area contributed by atoms with Crippen molar-refractivity contribution in [1.29, 1.82) is 0 Å². The molecule has 170 valence electrons. The lowest BCUT2D eigenvalue weighted by atomic mass is 10.0. The molecule has 8 nitrogen and oxygen atoms in total. The summed E-state index contributed by atoms with van der Waals surface area (Å²) in [5, 5.41) is 2.77. The third-order valence-corrected chi connectivity index (χ3v) is 6.70. The predicted octanol–water partition coefficient (Wildman–Crippen LogP) is 2.09. The Morgan fingerprint density at radius 1 is 1.34 bits per heavy atom. The Morgan fingerprint density at radius 2 is 2.16 bits per heavy atom. The number of aromatic nitrogens is 1. The first-order valence-corrected chi connectivity index (χ1v) is 11.4. The lowest BCUT2D eigenvalue weighted by molar-refractivity contribution is 0.0454. The van der Waals surface area contributed by atoms with E-state index in [0.29, 0.717) is 19.1 Å². The van der Waals surface area contributed by atoms with E-state index in [2.05, 4.69) is 16.8 Å². The Morgan fingerprint density at radius 3 is 2.88 bits per heavy atom. The fourth-order valence-electron chi connectivity index (χ4n) is 4.84. The van der Waals surface area contributed by atoms with E-state index >= 15 is 0 Å². The highest BCUT2D eigenvalue weighted by molar-refractivity contribution is 7.10. The molecule has 3 aliphatic rings. The molecule has 1 N–H and O–H groups in total. The zero-order valence-electron chi connectivity index (χ0n) is 18.3. The van der Waals surface area contributed by atoms with E-state index in [-0.39, 0.29) is 35.6 Å². The monoisotopic (exact) mass is 456 g/mol. The van der Waals surface area contributed by atoms with Crippen LogP contribution in [0.25, 0.3) is 0 Å². The van der Waals surface area contributed by atoms with Crippen LogP contribution in [0.15, 0.2) is 47.4 Å². The molecule has 1 aromatic heterocycles. The van der Waals surface area contributed by atoms with Gasteiger partial charge in [-0.05, 0) is 25.3 Å². The van der Waals surface area contributed by atoms with Crippen LogP contribution >= 0.6 is 9.47 Å². The van der Waals surface area contributed by atoms with Crippen molar-refractivity contribution in [3.8, 4) is 5.75 Å². The average molecular weight is 456 g/mol. The number of rotatable bonds is 6. The van der Waals surface area contributed by atoms with Gasteiger partial charge in [-0.2, -0.15) is 0 Å². The van der Waals surface area contributed by atoms with Crippen LogP contribution in [0.3, 0.4) is 0 Å². The Labute approximate surface area is 189 Å². The number of allylic oxidation sites excluding steroid dienone is 3. The SMILES string of the molecule is C=C/C(=C\C=C/C)CNC(=O)c1cn2c(c(OP)c1=O)C(=O)N1C[C@@H]3CCCCN3[C@@H]1C2. The third kappa shape index (κ3) is 3.93. The largest absolute Gasteiger partial charge is 0.474 e. The van der Waals surface area contributed by atoms with Crippen molar-refractivity contribution in [2.24, 2.45) is 0 Å². The topological polar surface area (TPSA) is 83.9 Å². The van der Waals surface area contributed by atoms with Gasteiger partial charge < -0.3 is 19.3 Å². The lowest BCUT2D eigenvalue weighted by Crippen LogP contribution is -2.51. The minimum atomic E-state index is -0.593. The van der Waals surface area contributed by atoms with Crippen molar-refractivity contribution in [1.82, 2.24) is 19.7 Å². The lowest BCUT2D eigenvalue weighted by Gasteiger charge is -2.38. The average Bonchev–Trinajstić information content (AvgIpc) is 3.18. The fourth-order valence-corrected chi connectivity index (χ4v) is 5.06. The smallest absolute Gasteiger partial charge is 0.275 e. The quantitative estimate of drug-likeness (QED) is 0.524. The van der Waals surface area contributed by atoms with Crippen LogP contribution in [-0.2, 0) is 6.54 Å². The number of fused-ring (bicyclic) bond motifs is 4. The van der Waals surface area contributed by atoms with Crippen molar-refractivity contribution < 1.29 is 14.1 Å². The van der Waals surface area contributed by atoms with Crippen molar-refractivity contribution in [2.45, 2.75) is 44.9 Å². The Hall–Kier alpha value is -2.70. The van der Waals surface area contributed by atoms with E-state index in [1.807, 2.05) is 39.5 Å². The van der Waals surface area contributed by atoms with Gasteiger partial charge in [0.05, 0.1) is 16.0 Å².